The molecule has 2 aromatic carbocycles. The van der Waals surface area contributed by atoms with Gasteiger partial charge in [-0.2, -0.15) is 0 Å². The number of ether oxygens (including phenoxy) is 1. The fourth-order valence-electron chi connectivity index (χ4n) is 4.08. The summed E-state index contributed by atoms with van der Waals surface area (Å²) in [7, 11) is 0. The highest BCUT2D eigenvalue weighted by Crippen LogP contribution is 2.43. The highest BCUT2D eigenvalue weighted by atomic mass is 35.5. The van der Waals surface area contributed by atoms with Gasteiger partial charge in [-0.3, -0.25) is 14.5 Å². The van der Waals surface area contributed by atoms with Gasteiger partial charge in [-0.25, -0.2) is 4.98 Å². The number of carbonyl (C=O) groups excluding carboxylic acids is 2. The molecule has 1 saturated heterocycles. The van der Waals surface area contributed by atoms with Gasteiger partial charge in [0.1, 0.15) is 17.6 Å². The number of anilines is 1. The van der Waals surface area contributed by atoms with E-state index in [0.29, 0.717) is 27.7 Å². The van der Waals surface area contributed by atoms with Crippen LogP contribution in [0.15, 0.2) is 59.6 Å². The minimum Gasteiger partial charge on any atom is -0.507 e. The Balaban J connectivity index is 1.69. The molecule has 0 bridgehead atoms. The Morgan fingerprint density at radius 1 is 1.26 bits per heavy atom. The number of hydrogen-bond acceptors (Lipinski definition) is 6. The van der Waals surface area contributed by atoms with Crippen molar-refractivity contribution in [3.63, 3.8) is 0 Å². The fraction of sp³-hybridized carbons (Fsp3) is 0.174. The van der Waals surface area contributed by atoms with Crippen molar-refractivity contribution in [2.45, 2.75) is 25.5 Å². The van der Waals surface area contributed by atoms with Gasteiger partial charge in [0.2, 0.25) is 0 Å². The van der Waals surface area contributed by atoms with E-state index >= 15 is 0 Å². The monoisotopic (exact) mass is 452 g/mol. The molecule has 156 valence electrons. The summed E-state index contributed by atoms with van der Waals surface area (Å²) < 4.78 is 5.73. The second kappa shape index (κ2) is 7.51. The standard InChI is InChI=1S/C23H17ClN2O4S/c1-12-9-15-10-14(5-6-17(15)30-12)20(27)18-19(13-3-2-4-16(24)11-13)26(22(29)21(18)28)23-25-7-8-31-23/h2-8,10-12,19,27H,9H2,1H3/b20-18+/t12-,19+/m0/s1. The molecule has 1 amide bonds. The smallest absolute Gasteiger partial charge is 0.301 e. The molecule has 3 heterocycles. The number of ketones is 1. The van der Waals surface area contributed by atoms with Crippen LogP contribution < -0.4 is 9.64 Å². The van der Waals surface area contributed by atoms with E-state index in [1.165, 1.54) is 16.2 Å². The first kappa shape index (κ1) is 19.8. The lowest BCUT2D eigenvalue weighted by molar-refractivity contribution is -0.132. The molecule has 1 aromatic heterocycles. The van der Waals surface area contributed by atoms with Crippen LogP contribution in [0.2, 0.25) is 5.02 Å². The molecule has 2 aliphatic rings. The second-order valence-corrected chi connectivity index (χ2v) is 8.80. The van der Waals surface area contributed by atoms with Crippen molar-refractivity contribution in [3.05, 3.63) is 81.3 Å². The largest absolute Gasteiger partial charge is 0.507 e. The third-order valence-corrected chi connectivity index (χ3v) is 6.41. The Labute approximate surface area is 187 Å². The number of aliphatic hydroxyl groups is 1. The zero-order valence-corrected chi connectivity index (χ0v) is 18.0. The third kappa shape index (κ3) is 3.30. The normalized spacial score (nSPS) is 21.9. The Morgan fingerprint density at radius 3 is 2.84 bits per heavy atom. The lowest BCUT2D eigenvalue weighted by Crippen LogP contribution is -2.29. The van der Waals surface area contributed by atoms with Gasteiger partial charge >= 0.3 is 5.91 Å². The van der Waals surface area contributed by atoms with Gasteiger partial charge in [-0.15, -0.1) is 11.3 Å². The maximum atomic E-state index is 13.1. The quantitative estimate of drug-likeness (QED) is 0.352. The Bertz CT molecular complexity index is 1240. The molecule has 6 nitrogen and oxygen atoms in total. The van der Waals surface area contributed by atoms with E-state index in [2.05, 4.69) is 4.98 Å². The number of carbonyl (C=O) groups is 2. The first-order valence-corrected chi connectivity index (χ1v) is 11.0. The van der Waals surface area contributed by atoms with Crippen LogP contribution in [-0.4, -0.2) is 27.9 Å². The lowest BCUT2D eigenvalue weighted by Gasteiger charge is -2.23. The Kier molecular flexibility index (Phi) is 4.79. The average Bonchev–Trinajstić information content (AvgIpc) is 3.45. The Morgan fingerprint density at radius 2 is 2.10 bits per heavy atom. The van der Waals surface area contributed by atoms with Gasteiger partial charge in [-0.05, 0) is 48.4 Å². The van der Waals surface area contributed by atoms with Crippen molar-refractivity contribution in [1.29, 1.82) is 0 Å². The first-order valence-electron chi connectivity index (χ1n) is 9.70. The number of rotatable bonds is 3. The van der Waals surface area contributed by atoms with Crippen molar-refractivity contribution in [3.8, 4) is 5.75 Å². The maximum absolute atomic E-state index is 13.1. The highest BCUT2D eigenvalue weighted by molar-refractivity contribution is 7.14. The van der Waals surface area contributed by atoms with Gasteiger partial charge < -0.3 is 9.84 Å². The number of hydrogen-bond donors (Lipinski definition) is 1. The molecule has 0 radical (unpaired) electrons. The number of aliphatic hydroxyl groups excluding tert-OH is 1. The van der Waals surface area contributed by atoms with Crippen molar-refractivity contribution in [1.82, 2.24) is 4.98 Å². The molecule has 0 spiro atoms. The third-order valence-electron chi connectivity index (χ3n) is 5.40. The van der Waals surface area contributed by atoms with Crippen LogP contribution >= 0.6 is 22.9 Å². The molecule has 5 rings (SSSR count). The summed E-state index contributed by atoms with van der Waals surface area (Å²) in [5.74, 6) is -0.967. The van der Waals surface area contributed by atoms with E-state index in [1.807, 2.05) is 6.92 Å². The van der Waals surface area contributed by atoms with E-state index < -0.39 is 17.7 Å². The number of halogens is 1. The number of benzene rings is 2. The lowest BCUT2D eigenvalue weighted by atomic mass is 9.94. The second-order valence-electron chi connectivity index (χ2n) is 7.49. The Hall–Kier alpha value is -3.16. The average molecular weight is 453 g/mol. The van der Waals surface area contributed by atoms with Gasteiger partial charge in [0.25, 0.3) is 5.78 Å². The van der Waals surface area contributed by atoms with Crippen LogP contribution in [0.1, 0.15) is 29.7 Å². The molecule has 8 heteroatoms. The van der Waals surface area contributed by atoms with Crippen LogP contribution in [-0.2, 0) is 16.0 Å². The number of Topliss-reactive ketones (excluding diaryl/α,β-unsaturated/α-hetero) is 1. The van der Waals surface area contributed by atoms with E-state index in [1.54, 1.807) is 54.0 Å². The molecule has 1 fully saturated rings. The van der Waals surface area contributed by atoms with E-state index in [9.17, 15) is 14.7 Å². The van der Waals surface area contributed by atoms with E-state index in [0.717, 1.165) is 11.3 Å². The number of amides is 1. The van der Waals surface area contributed by atoms with Crippen molar-refractivity contribution in [2.75, 3.05) is 4.90 Å². The van der Waals surface area contributed by atoms with Crippen LogP contribution in [0.25, 0.3) is 5.76 Å². The van der Waals surface area contributed by atoms with Crippen molar-refractivity contribution >= 4 is 45.5 Å². The predicted molar refractivity (Wildman–Crippen MR) is 119 cm³/mol. The zero-order chi connectivity index (χ0) is 21.7. The minimum atomic E-state index is -0.840. The summed E-state index contributed by atoms with van der Waals surface area (Å²) in [6.45, 7) is 1.97. The molecule has 2 atom stereocenters. The van der Waals surface area contributed by atoms with Gasteiger partial charge in [0.15, 0.2) is 5.13 Å². The molecule has 31 heavy (non-hydrogen) atoms. The summed E-state index contributed by atoms with van der Waals surface area (Å²) in [6.07, 6.45) is 2.33. The van der Waals surface area contributed by atoms with Crippen LogP contribution in [0.5, 0.6) is 5.75 Å². The zero-order valence-electron chi connectivity index (χ0n) is 16.4. The van der Waals surface area contributed by atoms with E-state index in [4.69, 9.17) is 16.3 Å². The highest BCUT2D eigenvalue weighted by Gasteiger charge is 2.48. The number of nitrogens with zero attached hydrogens (tertiary/aromatic N) is 2. The van der Waals surface area contributed by atoms with Crippen LogP contribution in [0.3, 0.4) is 0 Å². The summed E-state index contributed by atoms with van der Waals surface area (Å²) in [5, 5.41) is 13.8. The van der Waals surface area contributed by atoms with E-state index in [-0.39, 0.29) is 17.4 Å². The summed E-state index contributed by atoms with van der Waals surface area (Å²) in [5.41, 5.74) is 2.03. The van der Waals surface area contributed by atoms with Crippen LogP contribution in [0, 0.1) is 0 Å². The summed E-state index contributed by atoms with van der Waals surface area (Å²) in [6, 6.07) is 11.3. The number of thiazole rings is 1. The van der Waals surface area contributed by atoms with Gasteiger partial charge in [0, 0.05) is 28.6 Å². The topological polar surface area (TPSA) is 79.7 Å². The molecule has 3 aromatic rings. The molecular formula is C23H17ClN2O4S. The maximum Gasteiger partial charge on any atom is 0.301 e. The first-order chi connectivity index (χ1) is 14.9. The van der Waals surface area contributed by atoms with Crippen molar-refractivity contribution in [2.24, 2.45) is 0 Å². The molecule has 0 unspecified atom stereocenters. The molecule has 0 aliphatic carbocycles. The predicted octanol–water partition coefficient (Wildman–Crippen LogP) is 4.75. The number of aromatic nitrogens is 1. The SMILES string of the molecule is C[C@H]1Cc2cc(/C(O)=C3\C(=O)C(=O)N(c4nccs4)[C@@H]3c3cccc(Cl)c3)ccc2O1. The molecular weight excluding hydrogens is 436 g/mol. The number of fused-ring (bicyclic) bond motifs is 1. The van der Waals surface area contributed by atoms with Gasteiger partial charge in [-0.1, -0.05) is 23.7 Å². The van der Waals surface area contributed by atoms with Crippen LogP contribution in [0.4, 0.5) is 5.13 Å². The summed E-state index contributed by atoms with van der Waals surface area (Å²) in [4.78, 5) is 31.6. The molecule has 0 saturated carbocycles. The summed E-state index contributed by atoms with van der Waals surface area (Å²) >= 11 is 7.44. The fourth-order valence-corrected chi connectivity index (χ4v) is 4.95. The molecule has 2 aliphatic heterocycles. The van der Waals surface area contributed by atoms with Crippen molar-refractivity contribution < 1.29 is 19.4 Å². The van der Waals surface area contributed by atoms with Gasteiger partial charge in [0.05, 0.1) is 11.6 Å². The molecule has 1 N–H and O–H groups in total. The minimum absolute atomic E-state index is 0.00869.